The number of carbonyl (C=O) groups excluding carboxylic acids is 1. The van der Waals surface area contributed by atoms with Crippen LogP contribution in [0.3, 0.4) is 0 Å². The highest BCUT2D eigenvalue weighted by Gasteiger charge is 2.39. The lowest BCUT2D eigenvalue weighted by molar-refractivity contribution is -0.829. The van der Waals surface area contributed by atoms with E-state index < -0.39 is 0 Å². The van der Waals surface area contributed by atoms with Crippen molar-refractivity contribution in [1.82, 2.24) is 0 Å². The molecular formula is C20H39N2O3+. The number of ether oxygens (including phenoxy) is 1. The third-order valence-electron chi connectivity index (χ3n) is 5.31. The zero-order chi connectivity index (χ0) is 18.4. The van der Waals surface area contributed by atoms with E-state index in [9.17, 15) is 9.90 Å². The van der Waals surface area contributed by atoms with E-state index in [1.165, 1.54) is 64.9 Å². The molecule has 1 N–H and O–H groups in total. The number of unbranched alkanes of at least 4 members (excludes halogenated alkanes) is 9. The Morgan fingerprint density at radius 2 is 1.68 bits per heavy atom. The maximum absolute atomic E-state index is 11.8. The van der Waals surface area contributed by atoms with Crippen LogP contribution in [0.25, 0.3) is 0 Å². The molecule has 0 radical (unpaired) electrons. The molecule has 1 heterocycles. The number of hydrogen-bond acceptors (Lipinski definition) is 4. The van der Waals surface area contributed by atoms with Crippen LogP contribution in [0.15, 0.2) is 4.99 Å². The Bertz CT molecular complexity index is 398. The van der Waals surface area contributed by atoms with Gasteiger partial charge in [-0.15, -0.1) is 0 Å². The lowest BCUT2D eigenvalue weighted by Crippen LogP contribution is -2.55. The summed E-state index contributed by atoms with van der Waals surface area (Å²) in [5, 5.41) is 9.42. The summed E-state index contributed by atoms with van der Waals surface area (Å²) < 4.78 is 5.35. The van der Waals surface area contributed by atoms with Gasteiger partial charge in [-0.25, -0.2) is 9.79 Å². The SMILES string of the molecule is CCCCCCCCCCCCC1=NCC[N+]1(CCO)CC(=O)OC. The number of methoxy groups -OCH3 is 1. The molecule has 1 atom stereocenters. The van der Waals surface area contributed by atoms with Gasteiger partial charge in [-0.3, -0.25) is 4.48 Å². The van der Waals surface area contributed by atoms with Gasteiger partial charge in [-0.2, -0.15) is 0 Å². The Hall–Kier alpha value is -0.940. The van der Waals surface area contributed by atoms with Crippen molar-refractivity contribution in [1.29, 1.82) is 0 Å². The molecule has 0 amide bonds. The summed E-state index contributed by atoms with van der Waals surface area (Å²) in [6.07, 6.45) is 14.1. The van der Waals surface area contributed by atoms with E-state index in [-0.39, 0.29) is 12.6 Å². The number of aliphatic hydroxyl groups excluding tert-OH is 1. The zero-order valence-corrected chi connectivity index (χ0v) is 16.5. The van der Waals surface area contributed by atoms with Crippen molar-refractivity contribution in [2.24, 2.45) is 4.99 Å². The molecule has 5 nitrogen and oxygen atoms in total. The van der Waals surface area contributed by atoms with Crippen molar-refractivity contribution in [3.63, 3.8) is 0 Å². The van der Waals surface area contributed by atoms with Crippen molar-refractivity contribution in [3.8, 4) is 0 Å². The molecule has 5 heteroatoms. The van der Waals surface area contributed by atoms with Crippen LogP contribution in [-0.4, -0.2) is 61.3 Å². The molecule has 0 spiro atoms. The number of hydrogen-bond donors (Lipinski definition) is 1. The predicted octanol–water partition coefficient (Wildman–Crippen LogP) is 3.69. The molecule has 1 aliphatic rings. The average Bonchev–Trinajstić information content (AvgIpc) is 2.99. The lowest BCUT2D eigenvalue weighted by atomic mass is 10.1. The number of quaternary nitrogens is 1. The van der Waals surface area contributed by atoms with Crippen molar-refractivity contribution in [2.75, 3.05) is 39.9 Å². The van der Waals surface area contributed by atoms with E-state index in [0.29, 0.717) is 17.6 Å². The third-order valence-corrected chi connectivity index (χ3v) is 5.31. The second-order valence-electron chi connectivity index (χ2n) is 7.28. The molecule has 0 bridgehead atoms. The smallest absolute Gasteiger partial charge is 0.361 e. The fourth-order valence-corrected chi connectivity index (χ4v) is 3.73. The number of aliphatic imine (C=N–C) groups is 1. The van der Waals surface area contributed by atoms with E-state index in [2.05, 4.69) is 11.9 Å². The van der Waals surface area contributed by atoms with Gasteiger partial charge in [0.1, 0.15) is 13.1 Å². The van der Waals surface area contributed by atoms with Gasteiger partial charge in [0, 0.05) is 6.42 Å². The highest BCUT2D eigenvalue weighted by atomic mass is 16.5. The summed E-state index contributed by atoms with van der Waals surface area (Å²) in [5.41, 5.74) is 0. The molecule has 0 fully saturated rings. The summed E-state index contributed by atoms with van der Waals surface area (Å²) in [6.45, 7) is 4.76. The number of amidine groups is 1. The molecule has 0 aliphatic carbocycles. The van der Waals surface area contributed by atoms with Crippen LogP contribution in [-0.2, 0) is 9.53 Å². The fraction of sp³-hybridized carbons (Fsp3) is 0.900. The van der Waals surface area contributed by atoms with Crippen LogP contribution >= 0.6 is 0 Å². The topological polar surface area (TPSA) is 58.9 Å². The van der Waals surface area contributed by atoms with Crippen LogP contribution in [0.1, 0.15) is 77.6 Å². The molecule has 0 saturated carbocycles. The average molecular weight is 356 g/mol. The van der Waals surface area contributed by atoms with Gasteiger partial charge in [-0.05, 0) is 6.42 Å². The first-order valence-corrected chi connectivity index (χ1v) is 10.3. The molecule has 1 rings (SSSR count). The monoisotopic (exact) mass is 355 g/mol. The van der Waals surface area contributed by atoms with Gasteiger partial charge in [0.15, 0.2) is 12.4 Å². The van der Waals surface area contributed by atoms with Gasteiger partial charge in [0.2, 0.25) is 0 Å². The molecular weight excluding hydrogens is 316 g/mol. The maximum atomic E-state index is 11.8. The number of rotatable bonds is 15. The number of carbonyl (C=O) groups is 1. The van der Waals surface area contributed by atoms with E-state index in [4.69, 9.17) is 4.74 Å². The van der Waals surface area contributed by atoms with E-state index in [0.717, 1.165) is 31.8 Å². The highest BCUT2D eigenvalue weighted by molar-refractivity contribution is 5.80. The van der Waals surface area contributed by atoms with Gasteiger partial charge < -0.3 is 9.84 Å². The first-order chi connectivity index (χ1) is 12.2. The van der Waals surface area contributed by atoms with Gasteiger partial charge in [-0.1, -0.05) is 64.7 Å². The van der Waals surface area contributed by atoms with E-state index in [1.54, 1.807) is 0 Å². The summed E-state index contributed by atoms with van der Waals surface area (Å²) >= 11 is 0. The van der Waals surface area contributed by atoms with Crippen molar-refractivity contribution >= 4 is 11.8 Å². The number of esters is 1. The second-order valence-corrected chi connectivity index (χ2v) is 7.28. The van der Waals surface area contributed by atoms with Gasteiger partial charge in [0.25, 0.3) is 0 Å². The summed E-state index contributed by atoms with van der Waals surface area (Å²) in [6, 6.07) is 0. The summed E-state index contributed by atoms with van der Waals surface area (Å²) in [4.78, 5) is 16.4. The van der Waals surface area contributed by atoms with Crippen LogP contribution < -0.4 is 0 Å². The quantitative estimate of drug-likeness (QED) is 0.277. The predicted molar refractivity (Wildman–Crippen MR) is 103 cm³/mol. The van der Waals surface area contributed by atoms with Crippen molar-refractivity contribution < 1.29 is 19.1 Å². The molecule has 0 aromatic rings. The first kappa shape index (κ1) is 22.1. The highest BCUT2D eigenvalue weighted by Crippen LogP contribution is 2.20. The Balaban J connectivity index is 2.22. The molecule has 1 aliphatic heterocycles. The minimum atomic E-state index is -0.217. The largest absolute Gasteiger partial charge is 0.465 e. The fourth-order valence-electron chi connectivity index (χ4n) is 3.73. The van der Waals surface area contributed by atoms with Crippen LogP contribution in [0.5, 0.6) is 0 Å². The Morgan fingerprint density at radius 3 is 2.24 bits per heavy atom. The number of nitrogens with zero attached hydrogens (tertiary/aromatic N) is 2. The molecule has 1 unspecified atom stereocenters. The molecule has 0 aromatic carbocycles. The van der Waals surface area contributed by atoms with E-state index >= 15 is 0 Å². The minimum Gasteiger partial charge on any atom is -0.465 e. The van der Waals surface area contributed by atoms with Crippen molar-refractivity contribution in [2.45, 2.75) is 77.6 Å². The van der Waals surface area contributed by atoms with Crippen LogP contribution in [0.2, 0.25) is 0 Å². The maximum Gasteiger partial charge on any atom is 0.361 e. The second kappa shape index (κ2) is 13.3. The Kier molecular flexibility index (Phi) is 11.7. The van der Waals surface area contributed by atoms with Gasteiger partial charge in [0.05, 0.1) is 20.3 Å². The van der Waals surface area contributed by atoms with Crippen LogP contribution in [0.4, 0.5) is 0 Å². The molecule has 0 aromatic heterocycles. The lowest BCUT2D eigenvalue weighted by Gasteiger charge is -2.33. The molecule has 25 heavy (non-hydrogen) atoms. The molecule has 146 valence electrons. The summed E-state index contributed by atoms with van der Waals surface area (Å²) in [7, 11) is 1.42. The van der Waals surface area contributed by atoms with E-state index in [1.807, 2.05) is 0 Å². The normalized spacial score (nSPS) is 19.9. The van der Waals surface area contributed by atoms with Crippen LogP contribution in [0, 0.1) is 0 Å². The third kappa shape index (κ3) is 8.32. The standard InChI is InChI=1S/C20H39N2O3/c1-3-4-5-6-7-8-9-10-11-12-13-19-21-14-15-22(19,16-17-23)18-20(24)25-2/h23H,3-18H2,1-2H3/q+1. The Morgan fingerprint density at radius 1 is 1.08 bits per heavy atom. The van der Waals surface area contributed by atoms with Crippen molar-refractivity contribution in [3.05, 3.63) is 0 Å². The first-order valence-electron chi connectivity index (χ1n) is 10.3. The zero-order valence-electron chi connectivity index (χ0n) is 16.5. The number of aliphatic hydroxyl groups is 1. The molecule has 0 saturated heterocycles. The minimum absolute atomic E-state index is 0.0774. The summed E-state index contributed by atoms with van der Waals surface area (Å²) in [5.74, 6) is 0.866. The Labute approximate surface area is 154 Å². The van der Waals surface area contributed by atoms with Gasteiger partial charge >= 0.3 is 5.97 Å².